The minimum Gasteiger partial charge on any atom is -0.750 e. The Morgan fingerprint density at radius 2 is 2.00 bits per heavy atom. The summed E-state index contributed by atoms with van der Waals surface area (Å²) in [4.78, 5) is 0. The Balaban J connectivity index is 1.85. The van der Waals surface area contributed by atoms with Crippen molar-refractivity contribution in [3.63, 3.8) is 0 Å². The third-order valence-electron chi connectivity index (χ3n) is 2.79. The Hall–Kier alpha value is 0.0300. The van der Waals surface area contributed by atoms with Gasteiger partial charge in [0.1, 0.15) is 0 Å². The highest BCUT2D eigenvalue weighted by molar-refractivity contribution is 7.74. The van der Waals surface area contributed by atoms with Crippen molar-refractivity contribution < 1.29 is 12.9 Å². The molecule has 90 valence electrons. The van der Waals surface area contributed by atoms with Gasteiger partial charge in [-0.1, -0.05) is 19.3 Å². The van der Waals surface area contributed by atoms with E-state index in [9.17, 15) is 8.76 Å². The lowest BCUT2D eigenvalue weighted by Gasteiger charge is -2.22. The molecule has 1 unspecified atom stereocenters. The summed E-state index contributed by atoms with van der Waals surface area (Å²) in [6.45, 7) is 1.28. The van der Waals surface area contributed by atoms with E-state index in [0.29, 0.717) is 12.6 Å². The minimum atomic E-state index is -2.35. The second-order valence-electron chi connectivity index (χ2n) is 4.02. The first-order chi connectivity index (χ1) is 7.29. The minimum absolute atomic E-state index is 0.308. The lowest BCUT2D eigenvalue weighted by Crippen LogP contribution is -2.31. The van der Waals surface area contributed by atoms with E-state index in [1.165, 1.54) is 32.1 Å². The van der Waals surface area contributed by atoms with Crippen molar-refractivity contribution in [2.24, 2.45) is 0 Å². The van der Waals surface area contributed by atoms with Crippen LogP contribution >= 0.6 is 0 Å². The maximum absolute atomic E-state index is 10.0. The molecule has 4 nitrogen and oxygen atoms in total. The normalized spacial score (nSPS) is 20.3. The molecule has 1 aliphatic carbocycles. The van der Waals surface area contributed by atoms with Crippen LogP contribution < -0.4 is 5.32 Å². The average molecular weight is 234 g/mol. The van der Waals surface area contributed by atoms with Gasteiger partial charge in [-0.05, 0) is 32.2 Å². The van der Waals surface area contributed by atoms with Gasteiger partial charge in [-0.3, -0.25) is 0 Å². The predicted octanol–water partition coefficient (Wildman–Crippen LogP) is 1.50. The van der Waals surface area contributed by atoms with Crippen LogP contribution in [0.5, 0.6) is 0 Å². The molecule has 0 aromatic rings. The SMILES string of the molecule is O=S([O-])OCCCCNC1CCCCC1. The largest absolute Gasteiger partial charge is 0.750 e. The van der Waals surface area contributed by atoms with Gasteiger partial charge in [-0.15, -0.1) is 0 Å². The van der Waals surface area contributed by atoms with E-state index in [0.717, 1.165) is 19.4 Å². The molecule has 1 N–H and O–H groups in total. The van der Waals surface area contributed by atoms with E-state index < -0.39 is 11.4 Å². The van der Waals surface area contributed by atoms with E-state index >= 15 is 0 Å². The van der Waals surface area contributed by atoms with Gasteiger partial charge in [-0.2, -0.15) is 0 Å². The topological polar surface area (TPSA) is 61.4 Å². The van der Waals surface area contributed by atoms with Crippen molar-refractivity contribution >= 4 is 11.4 Å². The molecule has 1 saturated carbocycles. The van der Waals surface area contributed by atoms with Crippen LogP contribution in [0, 0.1) is 0 Å². The van der Waals surface area contributed by atoms with Gasteiger partial charge in [0.15, 0.2) is 0 Å². The summed E-state index contributed by atoms with van der Waals surface area (Å²) < 4.78 is 24.5. The van der Waals surface area contributed by atoms with Crippen LogP contribution in [0.15, 0.2) is 0 Å². The van der Waals surface area contributed by atoms with E-state index in [1.807, 2.05) is 0 Å². The smallest absolute Gasteiger partial charge is 0.0842 e. The van der Waals surface area contributed by atoms with Gasteiger partial charge in [0, 0.05) is 6.04 Å². The molecular weight excluding hydrogens is 214 g/mol. The molecule has 0 spiro atoms. The summed E-state index contributed by atoms with van der Waals surface area (Å²) in [6.07, 6.45) is 8.43. The standard InChI is InChI=1S/C10H21NO3S/c12-15(13)14-9-5-4-8-11-10-6-2-1-3-7-10/h10-11H,1-9H2,(H,12,13)/p-1. The van der Waals surface area contributed by atoms with Gasteiger partial charge >= 0.3 is 0 Å². The highest BCUT2D eigenvalue weighted by Crippen LogP contribution is 2.17. The van der Waals surface area contributed by atoms with E-state index in [1.54, 1.807) is 0 Å². The van der Waals surface area contributed by atoms with Crippen molar-refractivity contribution in [2.75, 3.05) is 13.2 Å². The molecule has 0 aliphatic heterocycles. The summed E-state index contributed by atoms with van der Waals surface area (Å²) in [7, 11) is 0. The van der Waals surface area contributed by atoms with Crippen LogP contribution in [0.25, 0.3) is 0 Å². The van der Waals surface area contributed by atoms with Crippen LogP contribution in [0.2, 0.25) is 0 Å². The fraction of sp³-hybridized carbons (Fsp3) is 1.00. The summed E-state index contributed by atoms with van der Waals surface area (Å²) in [5.74, 6) is 0. The summed E-state index contributed by atoms with van der Waals surface area (Å²) in [6, 6.07) is 0.688. The molecule has 0 aromatic heterocycles. The van der Waals surface area contributed by atoms with Crippen LogP contribution in [-0.2, 0) is 15.5 Å². The van der Waals surface area contributed by atoms with Gasteiger partial charge in [-0.25, -0.2) is 4.21 Å². The van der Waals surface area contributed by atoms with Crippen molar-refractivity contribution in [3.8, 4) is 0 Å². The quantitative estimate of drug-likeness (QED) is 0.535. The average Bonchev–Trinajstić information content (AvgIpc) is 2.24. The molecule has 0 saturated heterocycles. The lowest BCUT2D eigenvalue weighted by molar-refractivity contribution is 0.288. The molecule has 5 heteroatoms. The monoisotopic (exact) mass is 234 g/mol. The molecule has 0 amide bonds. The number of unbranched alkanes of at least 4 members (excludes halogenated alkanes) is 1. The predicted molar refractivity (Wildman–Crippen MR) is 59.0 cm³/mol. The van der Waals surface area contributed by atoms with Gasteiger partial charge in [0.05, 0.1) is 18.0 Å². The molecule has 1 rings (SSSR count). The van der Waals surface area contributed by atoms with Crippen LogP contribution in [-0.4, -0.2) is 28.0 Å². The first-order valence-electron chi connectivity index (χ1n) is 5.75. The van der Waals surface area contributed by atoms with Crippen LogP contribution in [0.4, 0.5) is 0 Å². The van der Waals surface area contributed by atoms with E-state index in [4.69, 9.17) is 0 Å². The molecular formula is C10H20NO3S-. The number of rotatable bonds is 7. The first-order valence-corrected chi connectivity index (χ1v) is 6.75. The Morgan fingerprint density at radius 1 is 1.27 bits per heavy atom. The maximum Gasteiger partial charge on any atom is 0.0842 e. The molecule has 0 radical (unpaired) electrons. The second kappa shape index (κ2) is 8.21. The molecule has 0 heterocycles. The number of hydrogen-bond acceptors (Lipinski definition) is 4. The van der Waals surface area contributed by atoms with Gasteiger partial charge in [0.2, 0.25) is 0 Å². The molecule has 0 bridgehead atoms. The van der Waals surface area contributed by atoms with E-state index in [-0.39, 0.29) is 0 Å². The maximum atomic E-state index is 10.0. The van der Waals surface area contributed by atoms with Gasteiger partial charge in [0.25, 0.3) is 0 Å². The molecule has 1 fully saturated rings. The van der Waals surface area contributed by atoms with Crippen molar-refractivity contribution in [1.29, 1.82) is 0 Å². The van der Waals surface area contributed by atoms with Crippen molar-refractivity contribution in [2.45, 2.75) is 51.0 Å². The van der Waals surface area contributed by atoms with E-state index in [2.05, 4.69) is 9.50 Å². The summed E-state index contributed by atoms with van der Waals surface area (Å²) >= 11 is -2.35. The van der Waals surface area contributed by atoms with Crippen LogP contribution in [0.1, 0.15) is 44.9 Å². The van der Waals surface area contributed by atoms with Gasteiger partial charge < -0.3 is 14.1 Å². The third-order valence-corrected chi connectivity index (χ3v) is 3.15. The molecule has 15 heavy (non-hydrogen) atoms. The molecule has 1 atom stereocenters. The fourth-order valence-corrected chi connectivity index (χ4v) is 2.22. The highest BCUT2D eigenvalue weighted by atomic mass is 32.2. The fourth-order valence-electron chi connectivity index (χ4n) is 1.97. The third kappa shape index (κ3) is 7.00. The Morgan fingerprint density at radius 3 is 2.67 bits per heavy atom. The first kappa shape index (κ1) is 13.1. The molecule has 0 aromatic carbocycles. The summed E-state index contributed by atoms with van der Waals surface area (Å²) in [5.41, 5.74) is 0. The van der Waals surface area contributed by atoms with Crippen molar-refractivity contribution in [1.82, 2.24) is 5.32 Å². The molecule has 1 aliphatic rings. The summed E-state index contributed by atoms with van der Waals surface area (Å²) in [5, 5.41) is 3.50. The zero-order chi connectivity index (χ0) is 10.9. The van der Waals surface area contributed by atoms with Crippen LogP contribution in [0.3, 0.4) is 0 Å². The number of hydrogen-bond donors (Lipinski definition) is 1. The lowest BCUT2D eigenvalue weighted by atomic mass is 9.95. The highest BCUT2D eigenvalue weighted by Gasteiger charge is 2.11. The zero-order valence-electron chi connectivity index (χ0n) is 9.07. The Labute approximate surface area is 94.3 Å². The second-order valence-corrected chi connectivity index (χ2v) is 4.67. The Bertz CT molecular complexity index is 184. The number of nitrogens with one attached hydrogen (secondary N) is 1. The zero-order valence-corrected chi connectivity index (χ0v) is 9.89. The van der Waals surface area contributed by atoms with Crippen molar-refractivity contribution in [3.05, 3.63) is 0 Å². The Kier molecular flexibility index (Phi) is 7.17.